The zero-order chi connectivity index (χ0) is 20.1. The Morgan fingerprint density at radius 1 is 1.18 bits per heavy atom. The molecule has 1 saturated carbocycles. The smallest absolute Gasteiger partial charge is 0.248 e. The molecule has 150 valence electrons. The molecule has 28 heavy (non-hydrogen) atoms. The van der Waals surface area contributed by atoms with Crippen LogP contribution in [0.25, 0.3) is 0 Å². The van der Waals surface area contributed by atoms with E-state index in [2.05, 4.69) is 15.5 Å². The molecule has 1 N–H and O–H groups in total. The molecule has 1 heterocycles. The van der Waals surface area contributed by atoms with Gasteiger partial charge in [0.1, 0.15) is 0 Å². The maximum Gasteiger partial charge on any atom is 0.248 e. The fraction of sp³-hybridized carbons (Fsp3) is 0.474. The van der Waals surface area contributed by atoms with Crippen molar-refractivity contribution >= 4 is 23.3 Å². The van der Waals surface area contributed by atoms with Gasteiger partial charge in [-0.2, -0.15) is 4.98 Å². The first-order valence-electron chi connectivity index (χ1n) is 9.08. The van der Waals surface area contributed by atoms with Crippen LogP contribution in [0.15, 0.2) is 28.8 Å². The van der Waals surface area contributed by atoms with E-state index in [1.54, 1.807) is 24.3 Å². The highest BCUT2D eigenvalue weighted by atomic mass is 35.5. The molecule has 0 radical (unpaired) electrons. The zero-order valence-electron chi connectivity index (χ0n) is 15.1. The molecule has 0 saturated heterocycles. The topological polar surface area (TPSA) is 85.1 Å². The summed E-state index contributed by atoms with van der Waals surface area (Å²) in [5.74, 6) is -2.62. The van der Waals surface area contributed by atoms with Crippen molar-refractivity contribution in [2.24, 2.45) is 0 Å². The largest absolute Gasteiger partial charge is 0.347 e. The Hall–Kier alpha value is -2.35. The average molecular weight is 412 g/mol. The van der Waals surface area contributed by atoms with E-state index >= 15 is 0 Å². The second kappa shape index (κ2) is 8.77. The van der Waals surface area contributed by atoms with Crippen LogP contribution >= 0.6 is 11.6 Å². The van der Waals surface area contributed by atoms with Gasteiger partial charge in [0.05, 0.1) is 6.54 Å². The van der Waals surface area contributed by atoms with Crippen LogP contribution in [0.5, 0.6) is 0 Å². The van der Waals surface area contributed by atoms with E-state index in [4.69, 9.17) is 16.1 Å². The first-order chi connectivity index (χ1) is 13.3. The number of halogens is 3. The van der Waals surface area contributed by atoms with Gasteiger partial charge in [-0.25, -0.2) is 8.78 Å². The van der Waals surface area contributed by atoms with Gasteiger partial charge in [0.2, 0.25) is 17.7 Å². The van der Waals surface area contributed by atoms with E-state index in [0.29, 0.717) is 29.3 Å². The van der Waals surface area contributed by atoms with E-state index < -0.39 is 5.92 Å². The first-order valence-corrected chi connectivity index (χ1v) is 9.46. The molecule has 3 rings (SSSR count). The molecule has 0 bridgehead atoms. The standard InChI is InChI=1S/C19H20ClF2N3O3/c20-14-3-1-12(2-4-14)15(26)5-6-16(27)23-11-17-24-18(25-28-17)13-7-9-19(21,22)10-8-13/h1-4,13H,5-11H2,(H,23,27). The third-order valence-corrected chi connectivity index (χ3v) is 5.00. The molecule has 1 amide bonds. The predicted molar refractivity (Wildman–Crippen MR) is 97.3 cm³/mol. The molecular weight excluding hydrogens is 392 g/mol. The molecule has 1 aromatic heterocycles. The van der Waals surface area contributed by atoms with E-state index in [-0.39, 0.29) is 55.7 Å². The Kier molecular flexibility index (Phi) is 6.39. The van der Waals surface area contributed by atoms with Crippen molar-refractivity contribution in [2.75, 3.05) is 0 Å². The maximum absolute atomic E-state index is 13.2. The highest BCUT2D eigenvalue weighted by Gasteiger charge is 2.36. The number of carbonyl (C=O) groups excluding carboxylic acids is 2. The molecule has 1 aliphatic carbocycles. The number of alkyl halides is 2. The molecule has 1 aromatic carbocycles. The summed E-state index contributed by atoms with van der Waals surface area (Å²) in [6.07, 6.45) is 0.356. The van der Waals surface area contributed by atoms with Gasteiger partial charge in [-0.15, -0.1) is 0 Å². The number of nitrogens with zero attached hydrogens (tertiary/aromatic N) is 2. The van der Waals surface area contributed by atoms with Gasteiger partial charge in [-0.3, -0.25) is 9.59 Å². The molecule has 9 heteroatoms. The van der Waals surface area contributed by atoms with Gasteiger partial charge < -0.3 is 9.84 Å². The fourth-order valence-electron chi connectivity index (χ4n) is 3.07. The molecule has 2 aromatic rings. The number of amides is 1. The summed E-state index contributed by atoms with van der Waals surface area (Å²) in [5.41, 5.74) is 0.497. The quantitative estimate of drug-likeness (QED) is 0.687. The van der Waals surface area contributed by atoms with E-state index in [1.807, 2.05) is 0 Å². The fourth-order valence-corrected chi connectivity index (χ4v) is 3.20. The van der Waals surface area contributed by atoms with Crippen LogP contribution in [0, 0.1) is 0 Å². The lowest BCUT2D eigenvalue weighted by Gasteiger charge is -2.26. The Morgan fingerprint density at radius 2 is 1.86 bits per heavy atom. The number of hydrogen-bond acceptors (Lipinski definition) is 5. The van der Waals surface area contributed by atoms with Crippen LogP contribution in [0.4, 0.5) is 8.78 Å². The van der Waals surface area contributed by atoms with Crippen LogP contribution in [0.3, 0.4) is 0 Å². The van der Waals surface area contributed by atoms with Crippen molar-refractivity contribution in [3.05, 3.63) is 46.6 Å². The third-order valence-electron chi connectivity index (χ3n) is 4.75. The number of nitrogens with one attached hydrogen (secondary N) is 1. The number of rotatable bonds is 7. The molecular formula is C19H20ClF2N3O3. The lowest BCUT2D eigenvalue weighted by atomic mass is 9.86. The first kappa shape index (κ1) is 20.4. The van der Waals surface area contributed by atoms with E-state index in [1.165, 1.54) is 0 Å². The summed E-state index contributed by atoms with van der Waals surface area (Å²) in [6, 6.07) is 6.47. The second-order valence-corrected chi connectivity index (χ2v) is 7.32. The van der Waals surface area contributed by atoms with Gasteiger partial charge in [0.25, 0.3) is 0 Å². The number of aromatic nitrogens is 2. The third kappa shape index (κ3) is 5.58. The molecule has 0 aliphatic heterocycles. The Bertz CT molecular complexity index is 829. The summed E-state index contributed by atoms with van der Waals surface area (Å²) < 4.78 is 31.5. The Balaban J connectivity index is 1.42. The van der Waals surface area contributed by atoms with Crippen molar-refractivity contribution in [3.8, 4) is 0 Å². The Labute approximate surface area is 165 Å². The minimum Gasteiger partial charge on any atom is -0.347 e. The minimum absolute atomic E-state index is 0.0279. The number of ketones is 1. The Morgan fingerprint density at radius 3 is 2.54 bits per heavy atom. The highest BCUT2D eigenvalue weighted by Crippen LogP contribution is 2.39. The molecule has 0 spiro atoms. The molecule has 1 fully saturated rings. The number of carbonyl (C=O) groups is 2. The summed E-state index contributed by atoms with van der Waals surface area (Å²) in [7, 11) is 0. The number of Topliss-reactive ketones (excluding diaryl/α,β-unsaturated/α-hetero) is 1. The molecule has 0 atom stereocenters. The molecule has 1 aliphatic rings. The van der Waals surface area contributed by atoms with Crippen molar-refractivity contribution in [1.29, 1.82) is 0 Å². The van der Waals surface area contributed by atoms with Crippen LogP contribution in [0.2, 0.25) is 5.02 Å². The van der Waals surface area contributed by atoms with Crippen LogP contribution in [-0.4, -0.2) is 27.8 Å². The van der Waals surface area contributed by atoms with E-state index in [0.717, 1.165) is 0 Å². The second-order valence-electron chi connectivity index (χ2n) is 6.88. The zero-order valence-corrected chi connectivity index (χ0v) is 15.8. The van der Waals surface area contributed by atoms with Crippen molar-refractivity contribution in [3.63, 3.8) is 0 Å². The number of hydrogen-bond donors (Lipinski definition) is 1. The molecule has 0 unspecified atom stereocenters. The summed E-state index contributed by atoms with van der Waals surface area (Å²) >= 11 is 5.78. The predicted octanol–water partition coefficient (Wildman–Crippen LogP) is 4.30. The summed E-state index contributed by atoms with van der Waals surface area (Å²) in [5, 5.41) is 6.99. The highest BCUT2D eigenvalue weighted by molar-refractivity contribution is 6.30. The van der Waals surface area contributed by atoms with Crippen LogP contribution < -0.4 is 5.32 Å². The van der Waals surface area contributed by atoms with Gasteiger partial charge in [-0.1, -0.05) is 16.8 Å². The molecule has 6 nitrogen and oxygen atoms in total. The summed E-state index contributed by atoms with van der Waals surface area (Å²) in [6.45, 7) is 0.0316. The van der Waals surface area contributed by atoms with Crippen LogP contribution in [0.1, 0.15) is 66.5 Å². The SMILES string of the molecule is O=C(CCC(=O)c1ccc(Cl)cc1)NCc1nc(C2CCC(F)(F)CC2)no1. The number of benzene rings is 1. The van der Waals surface area contributed by atoms with E-state index in [9.17, 15) is 18.4 Å². The van der Waals surface area contributed by atoms with Crippen molar-refractivity contribution in [2.45, 2.75) is 56.9 Å². The minimum atomic E-state index is -2.61. The van der Waals surface area contributed by atoms with Crippen molar-refractivity contribution in [1.82, 2.24) is 15.5 Å². The normalized spacial score (nSPS) is 16.7. The van der Waals surface area contributed by atoms with Crippen LogP contribution in [-0.2, 0) is 11.3 Å². The average Bonchev–Trinajstić information content (AvgIpc) is 3.14. The lowest BCUT2D eigenvalue weighted by molar-refractivity contribution is -0.121. The van der Waals surface area contributed by atoms with Gasteiger partial charge in [0, 0.05) is 42.2 Å². The maximum atomic E-state index is 13.2. The van der Waals surface area contributed by atoms with Gasteiger partial charge in [-0.05, 0) is 37.1 Å². The monoisotopic (exact) mass is 411 g/mol. The lowest BCUT2D eigenvalue weighted by Crippen LogP contribution is -2.24. The summed E-state index contributed by atoms with van der Waals surface area (Å²) in [4.78, 5) is 28.2. The van der Waals surface area contributed by atoms with Crippen molar-refractivity contribution < 1.29 is 22.9 Å². The van der Waals surface area contributed by atoms with Gasteiger partial charge in [0.15, 0.2) is 11.6 Å². The van der Waals surface area contributed by atoms with Gasteiger partial charge >= 0.3 is 0 Å².